The fourth-order valence-electron chi connectivity index (χ4n) is 2.81. The fourth-order valence-corrected chi connectivity index (χ4v) is 2.81. The lowest BCUT2D eigenvalue weighted by Crippen LogP contribution is -2.35. The van der Waals surface area contributed by atoms with Gasteiger partial charge in [-0.2, -0.15) is 0 Å². The third-order valence-electron chi connectivity index (χ3n) is 4.54. The van der Waals surface area contributed by atoms with Crippen LogP contribution in [0, 0.1) is 5.92 Å². The highest BCUT2D eigenvalue weighted by Gasteiger charge is 2.08. The Morgan fingerprint density at radius 1 is 0.750 bits per heavy atom. The molecule has 0 radical (unpaired) electrons. The van der Waals surface area contributed by atoms with Gasteiger partial charge in [-0.15, -0.1) is 0 Å². The van der Waals surface area contributed by atoms with Crippen LogP contribution in [0.5, 0.6) is 0 Å². The fraction of sp³-hybridized carbons (Fsp3) is 0.273. The molecule has 0 fully saturated rings. The van der Waals surface area contributed by atoms with Crippen molar-refractivity contribution in [1.29, 1.82) is 0 Å². The molecule has 0 saturated carbocycles. The van der Waals surface area contributed by atoms with Crippen LogP contribution in [-0.2, 0) is 13.1 Å². The van der Waals surface area contributed by atoms with Gasteiger partial charge in [0.05, 0.1) is 0 Å². The highest BCUT2D eigenvalue weighted by Crippen LogP contribution is 2.16. The molecule has 1 unspecified atom stereocenters. The topological polar surface area (TPSA) is 7.76 Å². The van der Waals surface area contributed by atoms with Gasteiger partial charge in [-0.1, -0.05) is 44.2 Å². The molecule has 3 rings (SSSR count). The molecular formula is C22H26N2+2. The number of nitrogens with zero attached hydrogens (tertiary/aromatic N) is 2. The summed E-state index contributed by atoms with van der Waals surface area (Å²) in [5.74, 6) is 0.717. The van der Waals surface area contributed by atoms with E-state index in [0.717, 1.165) is 19.0 Å². The van der Waals surface area contributed by atoms with Gasteiger partial charge < -0.3 is 0 Å². The van der Waals surface area contributed by atoms with Crippen molar-refractivity contribution in [3.8, 4) is 11.1 Å². The smallest absolute Gasteiger partial charge is 0.173 e. The summed E-state index contributed by atoms with van der Waals surface area (Å²) in [6, 6.07) is 19.3. The Bertz CT molecular complexity index is 746. The van der Waals surface area contributed by atoms with E-state index >= 15 is 0 Å². The van der Waals surface area contributed by atoms with E-state index in [9.17, 15) is 0 Å². The van der Waals surface area contributed by atoms with Crippen LogP contribution in [0.15, 0.2) is 79.4 Å². The molecule has 0 aliphatic rings. The van der Waals surface area contributed by atoms with E-state index in [0.29, 0.717) is 0 Å². The van der Waals surface area contributed by atoms with Gasteiger partial charge in [0.25, 0.3) is 0 Å². The standard InChI is InChI=1S/C22H26N2/c1-3-19(2)17-23-13-9-21(10-14-23)22-11-15-24(16-12-22)18-20-7-5-4-6-8-20/h4-16,19H,3,17-18H2,1-2H3/q+2. The van der Waals surface area contributed by atoms with Crippen LogP contribution >= 0.6 is 0 Å². The lowest BCUT2D eigenvalue weighted by molar-refractivity contribution is -0.702. The lowest BCUT2D eigenvalue weighted by Gasteiger charge is -2.05. The minimum Gasteiger partial charge on any atom is -0.205 e. The first kappa shape index (κ1) is 16.4. The molecule has 0 spiro atoms. The number of benzene rings is 1. The monoisotopic (exact) mass is 318 g/mol. The van der Waals surface area contributed by atoms with Gasteiger partial charge in [-0.3, -0.25) is 0 Å². The van der Waals surface area contributed by atoms with Crippen molar-refractivity contribution >= 4 is 0 Å². The van der Waals surface area contributed by atoms with Crippen molar-refractivity contribution in [2.45, 2.75) is 33.4 Å². The molecule has 2 heterocycles. The van der Waals surface area contributed by atoms with Crippen LogP contribution in [0.1, 0.15) is 25.8 Å². The van der Waals surface area contributed by atoms with E-state index in [1.807, 2.05) is 0 Å². The predicted octanol–water partition coefficient (Wildman–Crippen LogP) is 4.02. The van der Waals surface area contributed by atoms with E-state index < -0.39 is 0 Å². The number of aromatic nitrogens is 2. The predicted molar refractivity (Wildman–Crippen MR) is 97.3 cm³/mol. The van der Waals surface area contributed by atoms with Gasteiger partial charge in [0, 0.05) is 35.7 Å². The summed E-state index contributed by atoms with van der Waals surface area (Å²) in [5, 5.41) is 0. The molecule has 2 aromatic heterocycles. The molecule has 0 aliphatic heterocycles. The Kier molecular flexibility index (Phi) is 5.37. The summed E-state index contributed by atoms with van der Waals surface area (Å²) in [6.07, 6.45) is 9.90. The molecule has 1 aromatic carbocycles. The maximum Gasteiger partial charge on any atom is 0.173 e. The molecule has 0 amide bonds. The first-order valence-electron chi connectivity index (χ1n) is 8.77. The summed E-state index contributed by atoms with van der Waals surface area (Å²) in [6.45, 7) is 6.53. The molecule has 24 heavy (non-hydrogen) atoms. The van der Waals surface area contributed by atoms with E-state index in [4.69, 9.17) is 0 Å². The summed E-state index contributed by atoms with van der Waals surface area (Å²) in [4.78, 5) is 0. The Morgan fingerprint density at radius 2 is 1.29 bits per heavy atom. The zero-order chi connectivity index (χ0) is 16.8. The molecule has 122 valence electrons. The number of hydrogen-bond donors (Lipinski definition) is 0. The van der Waals surface area contributed by atoms with Crippen molar-refractivity contribution in [2.75, 3.05) is 0 Å². The Balaban J connectivity index is 1.69. The minimum atomic E-state index is 0.717. The average Bonchev–Trinajstić information content (AvgIpc) is 2.64. The summed E-state index contributed by atoms with van der Waals surface area (Å²) in [5.41, 5.74) is 3.85. The molecule has 0 bridgehead atoms. The Labute approximate surface area is 145 Å². The molecule has 2 nitrogen and oxygen atoms in total. The Morgan fingerprint density at radius 3 is 1.83 bits per heavy atom. The molecule has 2 heteroatoms. The van der Waals surface area contributed by atoms with Crippen molar-refractivity contribution < 1.29 is 9.13 Å². The second kappa shape index (κ2) is 7.87. The van der Waals surface area contributed by atoms with Crippen LogP contribution in [0.4, 0.5) is 0 Å². The van der Waals surface area contributed by atoms with Gasteiger partial charge in [-0.05, 0) is 17.5 Å². The van der Waals surface area contributed by atoms with Crippen molar-refractivity contribution in [2.24, 2.45) is 5.92 Å². The highest BCUT2D eigenvalue weighted by atomic mass is 14.9. The molecule has 0 N–H and O–H groups in total. The minimum absolute atomic E-state index is 0.717. The molecule has 3 aromatic rings. The largest absolute Gasteiger partial charge is 0.205 e. The summed E-state index contributed by atoms with van der Waals surface area (Å²) < 4.78 is 4.49. The van der Waals surface area contributed by atoms with Gasteiger partial charge in [0.15, 0.2) is 37.9 Å². The average molecular weight is 318 g/mol. The van der Waals surface area contributed by atoms with Gasteiger partial charge in [0.2, 0.25) is 0 Å². The van der Waals surface area contributed by atoms with Crippen LogP contribution in [-0.4, -0.2) is 0 Å². The first-order chi connectivity index (χ1) is 11.7. The van der Waals surface area contributed by atoms with E-state index in [1.165, 1.54) is 23.1 Å². The van der Waals surface area contributed by atoms with Crippen LogP contribution in [0.2, 0.25) is 0 Å². The van der Waals surface area contributed by atoms with Gasteiger partial charge in [-0.25, -0.2) is 9.13 Å². The lowest BCUT2D eigenvalue weighted by atomic mass is 10.1. The number of pyridine rings is 2. The maximum atomic E-state index is 2.30. The van der Waals surface area contributed by atoms with Crippen molar-refractivity contribution in [3.05, 3.63) is 84.9 Å². The molecule has 0 saturated heterocycles. The maximum absolute atomic E-state index is 2.30. The SMILES string of the molecule is CCC(C)C[n+]1ccc(-c2cc[n+](Cc3ccccc3)cc2)cc1. The van der Waals surface area contributed by atoms with Crippen molar-refractivity contribution in [3.63, 3.8) is 0 Å². The van der Waals surface area contributed by atoms with Gasteiger partial charge >= 0.3 is 0 Å². The van der Waals surface area contributed by atoms with E-state index in [2.05, 4.69) is 102 Å². The molecule has 0 aliphatic carbocycles. The van der Waals surface area contributed by atoms with Gasteiger partial charge in [0.1, 0.15) is 0 Å². The molecular weight excluding hydrogens is 292 g/mol. The molecule has 1 atom stereocenters. The van der Waals surface area contributed by atoms with Crippen LogP contribution in [0.25, 0.3) is 11.1 Å². The summed E-state index contributed by atoms with van der Waals surface area (Å²) >= 11 is 0. The zero-order valence-electron chi connectivity index (χ0n) is 14.6. The second-order valence-electron chi connectivity index (χ2n) is 6.54. The number of hydrogen-bond acceptors (Lipinski definition) is 0. The first-order valence-corrected chi connectivity index (χ1v) is 8.77. The summed E-state index contributed by atoms with van der Waals surface area (Å²) in [7, 11) is 0. The highest BCUT2D eigenvalue weighted by molar-refractivity contribution is 5.60. The zero-order valence-corrected chi connectivity index (χ0v) is 14.6. The third-order valence-corrected chi connectivity index (χ3v) is 4.54. The van der Waals surface area contributed by atoms with Crippen molar-refractivity contribution in [1.82, 2.24) is 0 Å². The quantitative estimate of drug-likeness (QED) is 0.606. The normalized spacial score (nSPS) is 12.1. The van der Waals surface area contributed by atoms with E-state index in [1.54, 1.807) is 0 Å². The second-order valence-corrected chi connectivity index (χ2v) is 6.54. The Hall–Kier alpha value is -2.48. The van der Waals surface area contributed by atoms with Crippen LogP contribution in [0.3, 0.4) is 0 Å². The number of rotatable bonds is 6. The van der Waals surface area contributed by atoms with Crippen LogP contribution < -0.4 is 9.13 Å². The van der Waals surface area contributed by atoms with E-state index in [-0.39, 0.29) is 0 Å². The third kappa shape index (κ3) is 4.29.